The van der Waals surface area contributed by atoms with Crippen LogP contribution in [-0.2, 0) is 19.6 Å². The first-order valence-corrected chi connectivity index (χ1v) is 8.83. The molecule has 0 atom stereocenters. The number of carbonyl (C=O) groups excluding carboxylic acids is 1. The molecule has 1 aromatic carbocycles. The molecule has 6 nitrogen and oxygen atoms in total. The van der Waals surface area contributed by atoms with Gasteiger partial charge in [-0.1, -0.05) is 28.2 Å². The molecule has 0 saturated heterocycles. The fourth-order valence-corrected chi connectivity index (χ4v) is 3.07. The van der Waals surface area contributed by atoms with Crippen LogP contribution in [0.25, 0.3) is 0 Å². The predicted octanol–water partition coefficient (Wildman–Crippen LogP) is 3.35. The fourth-order valence-electron chi connectivity index (χ4n) is 2.46. The lowest BCUT2D eigenvalue weighted by Gasteiger charge is -2.20. The Morgan fingerprint density at radius 3 is 2.64 bits per heavy atom. The lowest BCUT2D eigenvalue weighted by atomic mass is 10.1. The van der Waals surface area contributed by atoms with Crippen molar-refractivity contribution in [1.29, 1.82) is 0 Å². The molecule has 130 valence electrons. The van der Waals surface area contributed by atoms with Gasteiger partial charge in [-0.25, -0.2) is 0 Å². The molecule has 2 heterocycles. The molecular weight excluding hydrogens is 360 g/mol. The molecule has 0 aliphatic rings. The topological polar surface area (TPSA) is 71.3 Å². The van der Waals surface area contributed by atoms with Gasteiger partial charge in [0.1, 0.15) is 15.8 Å². The number of rotatable bonds is 7. The number of benzene rings is 1. The first-order chi connectivity index (χ1) is 12.2. The van der Waals surface area contributed by atoms with Crippen molar-refractivity contribution in [2.75, 3.05) is 7.05 Å². The second-order valence-corrected chi connectivity index (χ2v) is 6.85. The van der Waals surface area contributed by atoms with Crippen LogP contribution in [0, 0.1) is 0 Å². The van der Waals surface area contributed by atoms with Gasteiger partial charge in [-0.2, -0.15) is 0 Å². The number of hydrogen-bond acceptors (Lipinski definition) is 6. The number of carbonyl (C=O) groups is 1. The summed E-state index contributed by atoms with van der Waals surface area (Å²) >= 11 is 7.32. The normalized spacial score (nSPS) is 11.0. The molecule has 3 rings (SSSR count). The van der Waals surface area contributed by atoms with Crippen molar-refractivity contribution in [3.05, 3.63) is 69.6 Å². The monoisotopic (exact) mass is 376 g/mol. The lowest BCUT2D eigenvalue weighted by Crippen LogP contribution is -2.23. The number of nitrogens with zero attached hydrogens (tertiary/aromatic N) is 3. The summed E-state index contributed by atoms with van der Waals surface area (Å²) in [5.74, 6) is 0.764. The van der Waals surface area contributed by atoms with Gasteiger partial charge in [0.2, 0.25) is 0 Å². The zero-order valence-electron chi connectivity index (χ0n) is 13.6. The maximum Gasteiger partial charge on any atom is 0.251 e. The molecule has 0 saturated carbocycles. The van der Waals surface area contributed by atoms with E-state index in [4.69, 9.17) is 16.0 Å². The average molecular weight is 377 g/mol. The third-order valence-electron chi connectivity index (χ3n) is 3.69. The molecule has 0 unspecified atom stereocenters. The predicted molar refractivity (Wildman–Crippen MR) is 96.4 cm³/mol. The highest BCUT2D eigenvalue weighted by Gasteiger charge is 2.15. The first-order valence-electron chi connectivity index (χ1n) is 7.68. The standard InChI is InChI=1S/C17H17ClN4O2S/c1-19-17(23)13-6-4-12(5-7-13)9-22(10-14-3-2-8-24-14)11-15-16(18)25-21-20-15/h2-8H,9-11H2,1H3,(H,19,23). The van der Waals surface area contributed by atoms with E-state index in [1.54, 1.807) is 13.3 Å². The maximum atomic E-state index is 11.6. The summed E-state index contributed by atoms with van der Waals surface area (Å²) in [5.41, 5.74) is 2.47. The van der Waals surface area contributed by atoms with Crippen molar-refractivity contribution in [2.45, 2.75) is 19.6 Å². The minimum absolute atomic E-state index is 0.0979. The zero-order valence-corrected chi connectivity index (χ0v) is 15.2. The van der Waals surface area contributed by atoms with E-state index in [-0.39, 0.29) is 5.91 Å². The Kier molecular flexibility index (Phi) is 5.80. The van der Waals surface area contributed by atoms with E-state index in [0.29, 0.717) is 29.5 Å². The van der Waals surface area contributed by atoms with Crippen LogP contribution in [0.5, 0.6) is 0 Å². The van der Waals surface area contributed by atoms with Crippen LogP contribution < -0.4 is 5.32 Å². The molecule has 8 heteroatoms. The van der Waals surface area contributed by atoms with E-state index in [1.165, 1.54) is 11.5 Å². The second kappa shape index (κ2) is 8.24. The molecule has 25 heavy (non-hydrogen) atoms. The third kappa shape index (κ3) is 4.66. The Hall–Kier alpha value is -2.22. The molecule has 1 amide bonds. The average Bonchev–Trinajstić information content (AvgIpc) is 3.27. The van der Waals surface area contributed by atoms with Gasteiger partial charge < -0.3 is 9.73 Å². The number of hydrogen-bond donors (Lipinski definition) is 1. The minimum atomic E-state index is -0.0979. The molecule has 0 radical (unpaired) electrons. The number of aromatic nitrogens is 2. The van der Waals surface area contributed by atoms with E-state index in [1.807, 2.05) is 36.4 Å². The molecule has 0 bridgehead atoms. The number of amides is 1. The maximum absolute atomic E-state index is 11.6. The van der Waals surface area contributed by atoms with Crippen LogP contribution in [0.15, 0.2) is 47.1 Å². The summed E-state index contributed by atoms with van der Waals surface area (Å²) in [5, 5.41) is 6.70. The molecule has 0 aliphatic carbocycles. The summed E-state index contributed by atoms with van der Waals surface area (Å²) < 4.78 is 9.94. The van der Waals surface area contributed by atoms with Gasteiger partial charge in [-0.15, -0.1) is 5.10 Å². The van der Waals surface area contributed by atoms with Gasteiger partial charge in [-0.3, -0.25) is 9.69 Å². The summed E-state index contributed by atoms with van der Waals surface area (Å²) in [6, 6.07) is 11.3. The largest absolute Gasteiger partial charge is 0.468 e. The molecule has 3 aromatic rings. The van der Waals surface area contributed by atoms with Gasteiger partial charge in [0, 0.05) is 37.2 Å². The number of nitrogens with one attached hydrogen (secondary N) is 1. The van der Waals surface area contributed by atoms with E-state index in [9.17, 15) is 4.79 Å². The SMILES string of the molecule is CNC(=O)c1ccc(CN(Cc2ccco2)Cc2nnsc2Cl)cc1. The van der Waals surface area contributed by atoms with E-state index >= 15 is 0 Å². The van der Waals surface area contributed by atoms with Crippen LogP contribution in [0.3, 0.4) is 0 Å². The van der Waals surface area contributed by atoms with Crippen LogP contribution in [-0.4, -0.2) is 27.4 Å². The smallest absolute Gasteiger partial charge is 0.251 e. The summed E-state index contributed by atoms with van der Waals surface area (Å²) in [4.78, 5) is 13.8. The molecule has 0 spiro atoms. The Morgan fingerprint density at radius 2 is 2.04 bits per heavy atom. The van der Waals surface area contributed by atoms with Gasteiger partial charge in [0.25, 0.3) is 5.91 Å². The van der Waals surface area contributed by atoms with Gasteiger partial charge in [0.15, 0.2) is 0 Å². The molecule has 1 N–H and O–H groups in total. The van der Waals surface area contributed by atoms with E-state index in [0.717, 1.165) is 17.0 Å². The van der Waals surface area contributed by atoms with Gasteiger partial charge in [0.05, 0.1) is 12.8 Å². The molecule has 0 fully saturated rings. The highest BCUT2D eigenvalue weighted by Crippen LogP contribution is 2.21. The van der Waals surface area contributed by atoms with Crippen LogP contribution in [0.1, 0.15) is 27.4 Å². The van der Waals surface area contributed by atoms with E-state index in [2.05, 4.69) is 19.8 Å². The Balaban J connectivity index is 1.74. The van der Waals surface area contributed by atoms with Crippen molar-refractivity contribution in [2.24, 2.45) is 0 Å². The molecule has 2 aromatic heterocycles. The Bertz CT molecular complexity index is 818. The highest BCUT2D eigenvalue weighted by atomic mass is 35.5. The van der Waals surface area contributed by atoms with Crippen molar-refractivity contribution in [3.8, 4) is 0 Å². The second-order valence-electron chi connectivity index (χ2n) is 5.49. The van der Waals surface area contributed by atoms with Crippen LogP contribution in [0.4, 0.5) is 0 Å². The minimum Gasteiger partial charge on any atom is -0.468 e. The van der Waals surface area contributed by atoms with Crippen LogP contribution in [0.2, 0.25) is 4.34 Å². The zero-order chi connectivity index (χ0) is 17.6. The quantitative estimate of drug-likeness (QED) is 0.684. The highest BCUT2D eigenvalue weighted by molar-refractivity contribution is 7.10. The third-order valence-corrected chi connectivity index (χ3v) is 4.68. The molecule has 0 aliphatic heterocycles. The van der Waals surface area contributed by atoms with Gasteiger partial charge >= 0.3 is 0 Å². The summed E-state index contributed by atoms with van der Waals surface area (Å²) in [7, 11) is 1.62. The van der Waals surface area contributed by atoms with Crippen molar-refractivity contribution in [1.82, 2.24) is 19.8 Å². The summed E-state index contributed by atoms with van der Waals surface area (Å²) in [6.07, 6.45) is 1.66. The Morgan fingerprint density at radius 1 is 1.24 bits per heavy atom. The lowest BCUT2D eigenvalue weighted by molar-refractivity contribution is 0.0963. The van der Waals surface area contributed by atoms with Crippen molar-refractivity contribution in [3.63, 3.8) is 0 Å². The van der Waals surface area contributed by atoms with Crippen molar-refractivity contribution >= 4 is 29.0 Å². The van der Waals surface area contributed by atoms with Gasteiger partial charge in [-0.05, 0) is 29.8 Å². The van der Waals surface area contributed by atoms with Crippen molar-refractivity contribution < 1.29 is 9.21 Å². The number of halogens is 1. The number of furan rings is 1. The van der Waals surface area contributed by atoms with E-state index < -0.39 is 0 Å². The molecular formula is C17H17ClN4O2S. The first kappa shape index (κ1) is 17.6. The Labute approximate surface area is 154 Å². The fraction of sp³-hybridized carbons (Fsp3) is 0.235. The summed E-state index contributed by atoms with van der Waals surface area (Å²) in [6.45, 7) is 1.86. The van der Waals surface area contributed by atoms with Crippen LogP contribution >= 0.6 is 23.1 Å².